The molecule has 5 heteroatoms. The smallest absolute Gasteiger partial charge is 0.252 e. The molecular weight excluding hydrogens is 862 g/mol. The van der Waals surface area contributed by atoms with Crippen LogP contribution in [0.2, 0.25) is 0 Å². The maximum atomic E-state index is 6.70. The number of anilines is 3. The van der Waals surface area contributed by atoms with E-state index in [-0.39, 0.29) is 23.0 Å². The van der Waals surface area contributed by atoms with Crippen molar-refractivity contribution in [3.63, 3.8) is 0 Å². The van der Waals surface area contributed by atoms with Crippen molar-refractivity contribution in [1.82, 2.24) is 9.13 Å². The van der Waals surface area contributed by atoms with Gasteiger partial charge in [0.25, 0.3) is 6.71 Å². The molecule has 14 rings (SSSR count). The zero-order valence-electron chi connectivity index (χ0n) is 42.1. The highest BCUT2D eigenvalue weighted by molar-refractivity contribution is 7.00. The van der Waals surface area contributed by atoms with Crippen LogP contribution in [0.15, 0.2) is 180 Å². The fraction of sp³-hybridized carbons (Fsp3) is 0.182. The topological polar surface area (TPSA) is 26.2 Å². The zero-order chi connectivity index (χ0) is 48.5. The summed E-state index contributed by atoms with van der Waals surface area (Å²) in [4.78, 5) is 2.61. The normalized spacial score (nSPS) is 13.6. The third-order valence-corrected chi connectivity index (χ3v) is 15.9. The number of para-hydroxylation sites is 4. The number of hydrogen-bond donors (Lipinski definition) is 0. The Bertz CT molecular complexity index is 4220. The third-order valence-electron chi connectivity index (χ3n) is 15.9. The Morgan fingerprint density at radius 1 is 0.423 bits per heavy atom. The van der Waals surface area contributed by atoms with Crippen molar-refractivity contribution in [3.8, 4) is 22.5 Å². The summed E-state index contributed by atoms with van der Waals surface area (Å²) in [5.74, 6) is 0. The fourth-order valence-corrected chi connectivity index (χ4v) is 12.4. The minimum Gasteiger partial charge on any atom is -0.455 e. The standard InChI is InChI=1S/C66H56BN3O/c1-64(2,3)40-27-30-43(31-28-40)69-57-38-55-48(45-20-13-15-24-53(45)68(55)42-18-11-10-12-19-42)36-52(57)67-51-32-29-41(65(4,5)6)35-56(51)70-54-33-26-39(44-22-17-23-47-46-21-14-16-25-59(46)71-63(44)47)34-49(54)60-50(66(7,8)9)37-58(69)61(67)62(60)70/h10-38H,1-9H3. The molecular formula is C66H56BN3O. The van der Waals surface area contributed by atoms with E-state index in [4.69, 9.17) is 4.42 Å². The quantitative estimate of drug-likeness (QED) is 0.165. The van der Waals surface area contributed by atoms with E-state index in [9.17, 15) is 0 Å². The lowest BCUT2D eigenvalue weighted by molar-refractivity contribution is 0.590. The molecule has 0 bridgehead atoms. The molecule has 0 amide bonds. The highest BCUT2D eigenvalue weighted by Crippen LogP contribution is 2.49. The van der Waals surface area contributed by atoms with Gasteiger partial charge >= 0.3 is 0 Å². The summed E-state index contributed by atoms with van der Waals surface area (Å²) >= 11 is 0. The molecule has 0 radical (unpaired) electrons. The summed E-state index contributed by atoms with van der Waals surface area (Å²) in [6.07, 6.45) is 0. The Balaban J connectivity index is 1.15. The number of nitrogens with zero attached hydrogens (tertiary/aromatic N) is 3. The first-order chi connectivity index (χ1) is 34.1. The van der Waals surface area contributed by atoms with E-state index in [1.165, 1.54) is 93.8 Å². The molecule has 2 aliphatic rings. The van der Waals surface area contributed by atoms with Gasteiger partial charge in [-0.25, -0.2) is 0 Å². The molecule has 2 aliphatic heterocycles. The van der Waals surface area contributed by atoms with Crippen LogP contribution in [-0.4, -0.2) is 15.8 Å². The SMILES string of the molecule is CC(C)(C)c1ccc(N2c3cc4c(cc3B3c5ccc(C(C)(C)C)cc5-n5c6ccc(-c7cccc8c7oc7ccccc78)cc6c6c(C(C)(C)C)cc2c3c65)c2ccccc2n4-c2ccccc2)cc1. The lowest BCUT2D eigenvalue weighted by Crippen LogP contribution is -2.60. The van der Waals surface area contributed by atoms with Gasteiger partial charge in [0.2, 0.25) is 0 Å². The van der Waals surface area contributed by atoms with Crippen LogP contribution in [0.4, 0.5) is 17.1 Å². The summed E-state index contributed by atoms with van der Waals surface area (Å²) in [5, 5.41) is 7.40. The van der Waals surface area contributed by atoms with Gasteiger partial charge in [-0.15, -0.1) is 0 Å². The summed E-state index contributed by atoms with van der Waals surface area (Å²) in [5.41, 5.74) is 22.8. The Labute approximate surface area is 415 Å². The van der Waals surface area contributed by atoms with E-state index in [1.807, 2.05) is 0 Å². The van der Waals surface area contributed by atoms with Crippen LogP contribution in [0.3, 0.4) is 0 Å². The minimum absolute atomic E-state index is 0.0157. The average molecular weight is 918 g/mol. The second kappa shape index (κ2) is 14.4. The van der Waals surface area contributed by atoms with Crippen molar-refractivity contribution >= 4 is 106 Å². The van der Waals surface area contributed by atoms with Gasteiger partial charge in [-0.2, -0.15) is 0 Å². The van der Waals surface area contributed by atoms with E-state index < -0.39 is 0 Å². The molecule has 0 saturated carbocycles. The van der Waals surface area contributed by atoms with Crippen molar-refractivity contribution in [3.05, 3.63) is 193 Å². The van der Waals surface area contributed by atoms with Crippen LogP contribution in [0.5, 0.6) is 0 Å². The van der Waals surface area contributed by atoms with Crippen molar-refractivity contribution in [2.75, 3.05) is 4.90 Å². The van der Waals surface area contributed by atoms with Gasteiger partial charge in [0, 0.05) is 66.3 Å². The van der Waals surface area contributed by atoms with Crippen LogP contribution < -0.4 is 21.3 Å². The maximum Gasteiger partial charge on any atom is 0.252 e. The van der Waals surface area contributed by atoms with Crippen LogP contribution in [0.25, 0.3) is 88.1 Å². The largest absolute Gasteiger partial charge is 0.455 e. The van der Waals surface area contributed by atoms with Crippen molar-refractivity contribution < 1.29 is 4.42 Å². The van der Waals surface area contributed by atoms with E-state index in [2.05, 4.69) is 252 Å². The third kappa shape index (κ3) is 5.99. The number of benzene rings is 9. The molecule has 5 heterocycles. The minimum atomic E-state index is -0.211. The molecule has 71 heavy (non-hydrogen) atoms. The first-order valence-corrected chi connectivity index (χ1v) is 25.4. The van der Waals surface area contributed by atoms with Crippen LogP contribution in [-0.2, 0) is 16.2 Å². The fourth-order valence-electron chi connectivity index (χ4n) is 12.4. The molecule has 0 fully saturated rings. The number of hydrogen-bond acceptors (Lipinski definition) is 2. The van der Waals surface area contributed by atoms with Gasteiger partial charge in [-0.1, -0.05) is 172 Å². The number of furan rings is 1. The summed E-state index contributed by atoms with van der Waals surface area (Å²) < 4.78 is 11.8. The summed E-state index contributed by atoms with van der Waals surface area (Å²) in [6, 6.07) is 66.5. The van der Waals surface area contributed by atoms with Crippen molar-refractivity contribution in [1.29, 1.82) is 0 Å². The molecule has 0 spiro atoms. The molecule has 12 aromatic rings. The molecule has 3 aromatic heterocycles. The monoisotopic (exact) mass is 917 g/mol. The predicted octanol–water partition coefficient (Wildman–Crippen LogP) is 16.0. The van der Waals surface area contributed by atoms with E-state index in [1.54, 1.807) is 0 Å². The van der Waals surface area contributed by atoms with Gasteiger partial charge in [0.05, 0.1) is 22.1 Å². The Morgan fingerprint density at radius 2 is 1.11 bits per heavy atom. The van der Waals surface area contributed by atoms with Crippen LogP contribution in [0.1, 0.15) is 79.0 Å². The second-order valence-electron chi connectivity index (χ2n) is 23.4. The Kier molecular flexibility index (Phi) is 8.56. The second-order valence-corrected chi connectivity index (χ2v) is 23.4. The number of rotatable bonds is 3. The van der Waals surface area contributed by atoms with Gasteiger partial charge in [-0.05, 0) is 122 Å². The number of fused-ring (bicyclic) bond motifs is 14. The van der Waals surface area contributed by atoms with E-state index in [0.29, 0.717) is 0 Å². The molecule has 4 nitrogen and oxygen atoms in total. The molecule has 0 saturated heterocycles. The molecule has 0 atom stereocenters. The van der Waals surface area contributed by atoms with Crippen molar-refractivity contribution in [2.24, 2.45) is 0 Å². The van der Waals surface area contributed by atoms with Crippen molar-refractivity contribution in [2.45, 2.75) is 78.6 Å². The van der Waals surface area contributed by atoms with E-state index in [0.717, 1.165) is 44.4 Å². The van der Waals surface area contributed by atoms with Gasteiger partial charge in [0.15, 0.2) is 0 Å². The molecule has 9 aromatic carbocycles. The highest BCUT2D eigenvalue weighted by Gasteiger charge is 2.44. The first-order valence-electron chi connectivity index (χ1n) is 25.4. The molecule has 0 N–H and O–H groups in total. The summed E-state index contributed by atoms with van der Waals surface area (Å²) in [7, 11) is 0. The first kappa shape index (κ1) is 42.2. The Hall–Kier alpha value is -7.76. The van der Waals surface area contributed by atoms with Gasteiger partial charge < -0.3 is 18.5 Å². The highest BCUT2D eigenvalue weighted by atomic mass is 16.3. The molecule has 0 aliphatic carbocycles. The van der Waals surface area contributed by atoms with Crippen LogP contribution >= 0.6 is 0 Å². The zero-order valence-corrected chi connectivity index (χ0v) is 42.1. The lowest BCUT2D eigenvalue weighted by Gasteiger charge is -2.41. The van der Waals surface area contributed by atoms with E-state index >= 15 is 0 Å². The molecule has 344 valence electrons. The number of aromatic nitrogens is 2. The van der Waals surface area contributed by atoms with Crippen LogP contribution in [0, 0.1) is 0 Å². The average Bonchev–Trinajstić information content (AvgIpc) is 4.02. The predicted molar refractivity (Wildman–Crippen MR) is 303 cm³/mol. The Morgan fingerprint density at radius 3 is 1.87 bits per heavy atom. The molecule has 0 unspecified atom stereocenters. The lowest BCUT2D eigenvalue weighted by atomic mass is 9.33. The van der Waals surface area contributed by atoms with Gasteiger partial charge in [0.1, 0.15) is 11.2 Å². The summed E-state index contributed by atoms with van der Waals surface area (Å²) in [6.45, 7) is 21.1. The van der Waals surface area contributed by atoms with Gasteiger partial charge in [-0.3, -0.25) is 0 Å². The maximum absolute atomic E-state index is 6.70.